The molecule has 0 atom stereocenters. The Balaban J connectivity index is 1.88. The van der Waals surface area contributed by atoms with E-state index in [1.807, 2.05) is 24.3 Å². The zero-order valence-electron chi connectivity index (χ0n) is 15.1. The molecule has 1 N–H and O–H groups in total. The number of hydrogen-bond acceptors (Lipinski definition) is 4. The number of amides is 2. The zero-order valence-corrected chi connectivity index (χ0v) is 15.9. The first-order chi connectivity index (χ1) is 12.9. The first kappa shape index (κ1) is 18.7. The molecule has 3 rings (SSSR count). The van der Waals surface area contributed by atoms with Gasteiger partial charge in [0.05, 0.1) is 17.7 Å². The number of ether oxygens (including phenoxy) is 1. The number of fused-ring (bicyclic) bond motifs is 1. The molecule has 0 aliphatic rings. The molecule has 0 fully saturated rings. The Morgan fingerprint density at radius 1 is 1.11 bits per heavy atom. The number of halogens is 1. The molecule has 7 heteroatoms. The minimum Gasteiger partial charge on any atom is -0.481 e. The van der Waals surface area contributed by atoms with Crippen molar-refractivity contribution in [2.24, 2.45) is 0 Å². The summed E-state index contributed by atoms with van der Waals surface area (Å²) >= 11 is 6.19. The van der Waals surface area contributed by atoms with E-state index < -0.39 is 5.91 Å². The van der Waals surface area contributed by atoms with Gasteiger partial charge in [0.1, 0.15) is 5.69 Å². The normalized spacial score (nSPS) is 10.5. The Labute approximate surface area is 161 Å². The van der Waals surface area contributed by atoms with E-state index >= 15 is 0 Å². The Hall–Kier alpha value is -3.12. The van der Waals surface area contributed by atoms with Crippen LogP contribution >= 0.6 is 11.6 Å². The third-order valence-electron chi connectivity index (χ3n) is 3.99. The molecule has 0 aliphatic heterocycles. The summed E-state index contributed by atoms with van der Waals surface area (Å²) in [6.45, 7) is 0. The van der Waals surface area contributed by atoms with E-state index in [-0.39, 0.29) is 16.6 Å². The predicted octanol–water partition coefficient (Wildman–Crippen LogP) is 3.85. The smallest absolute Gasteiger partial charge is 0.274 e. The van der Waals surface area contributed by atoms with Crippen LogP contribution in [0.5, 0.6) is 5.88 Å². The highest BCUT2D eigenvalue weighted by molar-refractivity contribution is 6.34. The van der Waals surface area contributed by atoms with Crippen LogP contribution in [0.25, 0.3) is 10.8 Å². The lowest BCUT2D eigenvalue weighted by Gasteiger charge is -2.13. The lowest BCUT2D eigenvalue weighted by molar-refractivity contribution is 0.0827. The number of nitrogens with zero attached hydrogens (tertiary/aromatic N) is 2. The SMILES string of the molecule is COc1nc(C(=O)Nc2ccc(C(=O)N(C)C)c(Cl)c2)cc2ccccc12. The molecule has 0 saturated heterocycles. The van der Waals surface area contributed by atoms with Gasteiger partial charge in [0.25, 0.3) is 11.8 Å². The Kier molecular flexibility index (Phi) is 5.28. The molecule has 0 saturated carbocycles. The van der Waals surface area contributed by atoms with Crippen molar-refractivity contribution >= 4 is 39.9 Å². The summed E-state index contributed by atoms with van der Waals surface area (Å²) in [5.41, 5.74) is 1.05. The molecule has 1 aromatic heterocycles. The van der Waals surface area contributed by atoms with Gasteiger partial charge in [-0.2, -0.15) is 0 Å². The van der Waals surface area contributed by atoms with Crippen LogP contribution in [-0.2, 0) is 0 Å². The van der Waals surface area contributed by atoms with Crippen LogP contribution in [0.15, 0.2) is 48.5 Å². The number of nitrogens with one attached hydrogen (secondary N) is 1. The average molecular weight is 384 g/mol. The van der Waals surface area contributed by atoms with Crippen LogP contribution in [0.3, 0.4) is 0 Å². The summed E-state index contributed by atoms with van der Waals surface area (Å²) in [6, 6.07) is 14.0. The lowest BCUT2D eigenvalue weighted by atomic mass is 10.1. The van der Waals surface area contributed by atoms with Crippen LogP contribution in [0.4, 0.5) is 5.69 Å². The van der Waals surface area contributed by atoms with Crippen LogP contribution in [0.1, 0.15) is 20.8 Å². The van der Waals surface area contributed by atoms with Gasteiger partial charge in [0.15, 0.2) is 0 Å². The molecule has 138 valence electrons. The third-order valence-corrected chi connectivity index (χ3v) is 4.31. The summed E-state index contributed by atoms with van der Waals surface area (Å²) in [6.07, 6.45) is 0. The lowest BCUT2D eigenvalue weighted by Crippen LogP contribution is -2.22. The molecule has 1 heterocycles. The van der Waals surface area contributed by atoms with Gasteiger partial charge in [-0.15, -0.1) is 0 Å². The van der Waals surface area contributed by atoms with Gasteiger partial charge in [0.2, 0.25) is 5.88 Å². The monoisotopic (exact) mass is 383 g/mol. The predicted molar refractivity (Wildman–Crippen MR) is 106 cm³/mol. The van der Waals surface area contributed by atoms with Crippen molar-refractivity contribution in [2.75, 3.05) is 26.5 Å². The molecule has 0 unspecified atom stereocenters. The second-order valence-electron chi connectivity index (χ2n) is 6.09. The van der Waals surface area contributed by atoms with Gasteiger partial charge in [-0.25, -0.2) is 4.98 Å². The second kappa shape index (κ2) is 7.63. The Bertz CT molecular complexity index is 1030. The molecule has 0 spiro atoms. The number of rotatable bonds is 4. The van der Waals surface area contributed by atoms with Crippen molar-refractivity contribution in [3.63, 3.8) is 0 Å². The van der Waals surface area contributed by atoms with Crippen molar-refractivity contribution in [1.82, 2.24) is 9.88 Å². The highest BCUT2D eigenvalue weighted by Crippen LogP contribution is 2.26. The number of hydrogen-bond donors (Lipinski definition) is 1. The average Bonchev–Trinajstić information content (AvgIpc) is 2.66. The maximum Gasteiger partial charge on any atom is 0.274 e. The van der Waals surface area contributed by atoms with Crippen molar-refractivity contribution in [3.8, 4) is 5.88 Å². The highest BCUT2D eigenvalue weighted by atomic mass is 35.5. The molecule has 2 amide bonds. The van der Waals surface area contributed by atoms with Gasteiger partial charge >= 0.3 is 0 Å². The number of benzene rings is 2. The van der Waals surface area contributed by atoms with E-state index in [1.165, 1.54) is 18.1 Å². The van der Waals surface area contributed by atoms with Crippen LogP contribution in [-0.4, -0.2) is 42.9 Å². The van der Waals surface area contributed by atoms with E-state index in [0.717, 1.165) is 10.8 Å². The number of anilines is 1. The van der Waals surface area contributed by atoms with Crippen molar-refractivity contribution in [1.29, 1.82) is 0 Å². The molecule has 0 radical (unpaired) electrons. The van der Waals surface area contributed by atoms with Crippen LogP contribution in [0, 0.1) is 0 Å². The molecule has 0 aliphatic carbocycles. The molecule has 3 aromatic rings. The van der Waals surface area contributed by atoms with Crippen molar-refractivity contribution in [2.45, 2.75) is 0 Å². The van der Waals surface area contributed by atoms with Crippen molar-refractivity contribution in [3.05, 3.63) is 64.8 Å². The third kappa shape index (κ3) is 3.85. The first-order valence-corrected chi connectivity index (χ1v) is 8.55. The zero-order chi connectivity index (χ0) is 19.6. The summed E-state index contributed by atoms with van der Waals surface area (Å²) in [5, 5.41) is 4.68. The number of carbonyl (C=O) groups is 2. The van der Waals surface area contributed by atoms with Gasteiger partial charge < -0.3 is 15.0 Å². The van der Waals surface area contributed by atoms with Gasteiger partial charge in [-0.3, -0.25) is 9.59 Å². The number of carbonyl (C=O) groups excluding carboxylic acids is 2. The Morgan fingerprint density at radius 3 is 2.52 bits per heavy atom. The fourth-order valence-electron chi connectivity index (χ4n) is 2.64. The number of aromatic nitrogens is 1. The summed E-state index contributed by atoms with van der Waals surface area (Å²) in [5.74, 6) is -0.233. The quantitative estimate of drug-likeness (QED) is 0.742. The van der Waals surface area contributed by atoms with Crippen LogP contribution < -0.4 is 10.1 Å². The topological polar surface area (TPSA) is 71.5 Å². The molecular formula is C20H18ClN3O3. The molecular weight excluding hydrogens is 366 g/mol. The maximum absolute atomic E-state index is 12.6. The molecule has 27 heavy (non-hydrogen) atoms. The largest absolute Gasteiger partial charge is 0.481 e. The first-order valence-electron chi connectivity index (χ1n) is 8.17. The number of pyridine rings is 1. The molecule has 2 aromatic carbocycles. The van der Waals surface area contributed by atoms with E-state index in [4.69, 9.17) is 16.3 Å². The molecule has 0 bridgehead atoms. The van der Waals surface area contributed by atoms with Gasteiger partial charge in [-0.1, -0.05) is 29.8 Å². The van der Waals surface area contributed by atoms with E-state index in [1.54, 1.807) is 32.3 Å². The minimum absolute atomic E-state index is 0.209. The maximum atomic E-state index is 12.6. The van der Waals surface area contributed by atoms with E-state index in [2.05, 4.69) is 10.3 Å². The highest BCUT2D eigenvalue weighted by Gasteiger charge is 2.16. The second-order valence-corrected chi connectivity index (χ2v) is 6.49. The Morgan fingerprint density at radius 2 is 1.85 bits per heavy atom. The summed E-state index contributed by atoms with van der Waals surface area (Å²) < 4.78 is 5.30. The standard InChI is InChI=1S/C20H18ClN3O3/c1-24(2)20(26)15-9-8-13(11-16(15)21)22-18(25)17-10-12-6-4-5-7-14(12)19(23-17)27-3/h4-11H,1-3H3,(H,22,25). The number of methoxy groups -OCH3 is 1. The van der Waals surface area contributed by atoms with Crippen molar-refractivity contribution < 1.29 is 14.3 Å². The molecule has 6 nitrogen and oxygen atoms in total. The fourth-order valence-corrected chi connectivity index (χ4v) is 2.90. The van der Waals surface area contributed by atoms with E-state index in [0.29, 0.717) is 17.1 Å². The fraction of sp³-hybridized carbons (Fsp3) is 0.150. The van der Waals surface area contributed by atoms with Gasteiger partial charge in [-0.05, 0) is 35.7 Å². The van der Waals surface area contributed by atoms with Crippen LogP contribution in [0.2, 0.25) is 5.02 Å². The van der Waals surface area contributed by atoms with E-state index in [9.17, 15) is 9.59 Å². The summed E-state index contributed by atoms with van der Waals surface area (Å²) in [7, 11) is 4.80. The minimum atomic E-state index is -0.401. The van der Waals surface area contributed by atoms with Gasteiger partial charge in [0, 0.05) is 25.2 Å². The summed E-state index contributed by atoms with van der Waals surface area (Å²) in [4.78, 5) is 30.4.